The van der Waals surface area contributed by atoms with Crippen LogP contribution in [-0.4, -0.2) is 42.9 Å². The minimum Gasteiger partial charge on any atom is -0.338 e. The van der Waals surface area contributed by atoms with Crippen LogP contribution in [0.25, 0.3) is 0 Å². The second-order valence-corrected chi connectivity index (χ2v) is 8.23. The normalized spacial score (nSPS) is 16.4. The zero-order chi connectivity index (χ0) is 18.8. The highest BCUT2D eigenvalue weighted by Gasteiger charge is 2.25. The summed E-state index contributed by atoms with van der Waals surface area (Å²) in [5.74, 6) is -0.134. The Labute approximate surface area is 175 Å². The third kappa shape index (κ3) is 4.24. The number of rotatable bonds is 4. The summed E-state index contributed by atoms with van der Waals surface area (Å²) in [5, 5.41) is 8.74. The molecule has 150 valence electrons. The number of halogens is 1. The summed E-state index contributed by atoms with van der Waals surface area (Å²) in [6.07, 6.45) is 5.23. The van der Waals surface area contributed by atoms with E-state index in [1.807, 2.05) is 35.5 Å². The summed E-state index contributed by atoms with van der Waals surface area (Å²) in [4.78, 5) is 27.5. The van der Waals surface area contributed by atoms with E-state index in [1.54, 1.807) is 0 Å². The van der Waals surface area contributed by atoms with Crippen molar-refractivity contribution in [1.29, 1.82) is 0 Å². The molecule has 7 heteroatoms. The van der Waals surface area contributed by atoms with Crippen LogP contribution >= 0.6 is 23.7 Å². The second kappa shape index (κ2) is 9.07. The minimum absolute atomic E-state index is 0. The number of aryl methyl sites for hydroxylation is 2. The predicted molar refractivity (Wildman–Crippen MR) is 116 cm³/mol. The molecule has 0 radical (unpaired) electrons. The number of piperidine rings is 1. The van der Waals surface area contributed by atoms with Gasteiger partial charge in [-0.3, -0.25) is 9.59 Å². The van der Waals surface area contributed by atoms with Gasteiger partial charge in [0.05, 0.1) is 5.56 Å². The molecule has 0 spiro atoms. The van der Waals surface area contributed by atoms with Crippen molar-refractivity contribution in [3.63, 3.8) is 0 Å². The Morgan fingerprint density at radius 2 is 1.86 bits per heavy atom. The highest BCUT2D eigenvalue weighted by atomic mass is 35.5. The fraction of sp³-hybridized carbons (Fsp3) is 0.429. The average Bonchev–Trinajstić information content (AvgIpc) is 3.36. The Morgan fingerprint density at radius 3 is 2.61 bits per heavy atom. The number of nitrogens with zero attached hydrogens (tertiary/aromatic N) is 1. The molecule has 2 heterocycles. The molecule has 1 saturated heterocycles. The third-order valence-electron chi connectivity index (χ3n) is 5.67. The lowest BCUT2D eigenvalue weighted by Crippen LogP contribution is -2.44. The number of likely N-dealkylation sites (tertiary alicyclic amines) is 1. The maximum absolute atomic E-state index is 12.9. The molecule has 2 aliphatic rings. The van der Waals surface area contributed by atoms with Crippen molar-refractivity contribution in [3.8, 4) is 0 Å². The summed E-state index contributed by atoms with van der Waals surface area (Å²) in [6, 6.07) is 8.24. The first kappa shape index (κ1) is 20.8. The Bertz CT molecular complexity index is 859. The van der Waals surface area contributed by atoms with Crippen LogP contribution in [0.4, 0.5) is 5.00 Å². The van der Waals surface area contributed by atoms with E-state index in [1.165, 1.54) is 22.5 Å². The quantitative estimate of drug-likeness (QED) is 0.793. The fourth-order valence-electron chi connectivity index (χ4n) is 4.00. The van der Waals surface area contributed by atoms with Crippen LogP contribution in [0.2, 0.25) is 0 Å². The van der Waals surface area contributed by atoms with Crippen LogP contribution in [0, 0.1) is 0 Å². The van der Waals surface area contributed by atoms with Gasteiger partial charge in [0.25, 0.3) is 11.8 Å². The molecular formula is C21H26ClN3O2S. The smallest absolute Gasteiger partial charge is 0.256 e. The molecule has 28 heavy (non-hydrogen) atoms. The molecule has 1 aromatic heterocycles. The lowest BCUT2D eigenvalue weighted by molar-refractivity contribution is 0.0709. The van der Waals surface area contributed by atoms with Gasteiger partial charge in [0.2, 0.25) is 0 Å². The van der Waals surface area contributed by atoms with Gasteiger partial charge in [-0.25, -0.2) is 0 Å². The summed E-state index contributed by atoms with van der Waals surface area (Å²) in [7, 11) is 1.97. The van der Waals surface area contributed by atoms with E-state index in [0.29, 0.717) is 22.2 Å². The molecular weight excluding hydrogens is 394 g/mol. The van der Waals surface area contributed by atoms with E-state index in [2.05, 4.69) is 16.7 Å². The van der Waals surface area contributed by atoms with Crippen LogP contribution in [0.15, 0.2) is 29.6 Å². The lowest BCUT2D eigenvalue weighted by Gasteiger charge is -2.31. The van der Waals surface area contributed by atoms with E-state index in [-0.39, 0.29) is 24.2 Å². The number of amides is 2. The molecule has 0 atom stereocenters. The summed E-state index contributed by atoms with van der Waals surface area (Å²) >= 11 is 1.40. The maximum atomic E-state index is 12.9. The lowest BCUT2D eigenvalue weighted by atomic mass is 10.0. The highest BCUT2D eigenvalue weighted by Crippen LogP contribution is 2.28. The van der Waals surface area contributed by atoms with E-state index in [0.717, 1.165) is 45.2 Å². The number of thiophene rings is 1. The first-order valence-corrected chi connectivity index (χ1v) is 10.5. The number of nitrogens with one attached hydrogen (secondary N) is 2. The first-order valence-electron chi connectivity index (χ1n) is 9.63. The minimum atomic E-state index is -0.143. The third-order valence-corrected chi connectivity index (χ3v) is 6.50. The van der Waals surface area contributed by atoms with Gasteiger partial charge in [-0.1, -0.05) is 6.07 Å². The van der Waals surface area contributed by atoms with E-state index in [9.17, 15) is 9.59 Å². The van der Waals surface area contributed by atoms with Crippen molar-refractivity contribution < 1.29 is 9.59 Å². The molecule has 1 aromatic carbocycles. The predicted octanol–water partition coefficient (Wildman–Crippen LogP) is 3.73. The molecule has 0 unspecified atom stereocenters. The molecule has 0 bridgehead atoms. The van der Waals surface area contributed by atoms with Crippen molar-refractivity contribution in [2.24, 2.45) is 0 Å². The van der Waals surface area contributed by atoms with Gasteiger partial charge in [-0.15, -0.1) is 23.7 Å². The summed E-state index contributed by atoms with van der Waals surface area (Å²) in [5.41, 5.74) is 3.88. The van der Waals surface area contributed by atoms with E-state index in [4.69, 9.17) is 0 Å². The van der Waals surface area contributed by atoms with E-state index >= 15 is 0 Å². The number of carbonyl (C=O) groups excluding carboxylic acids is 2. The van der Waals surface area contributed by atoms with Gasteiger partial charge in [0.1, 0.15) is 5.00 Å². The second-order valence-electron chi connectivity index (χ2n) is 7.31. The fourth-order valence-corrected chi connectivity index (χ4v) is 4.78. The van der Waals surface area contributed by atoms with Gasteiger partial charge in [-0.2, -0.15) is 0 Å². The first-order chi connectivity index (χ1) is 13.2. The number of hydrogen-bond donors (Lipinski definition) is 2. The Kier molecular flexibility index (Phi) is 6.75. The Hall–Kier alpha value is -1.89. The molecule has 4 rings (SSSR count). The average molecular weight is 420 g/mol. The highest BCUT2D eigenvalue weighted by molar-refractivity contribution is 7.14. The molecule has 1 aliphatic carbocycles. The standard InChI is InChI=1S/C21H25N3O2S.ClH/c1-22-17-7-10-24(11-8-17)21(26)18-9-12-27-20(18)23-19(25)16-6-5-14-3-2-4-15(14)13-16;/h5-6,9,12-13,17,22H,2-4,7-8,10-11H2,1H3,(H,23,25);1H. The monoisotopic (exact) mass is 419 g/mol. The zero-order valence-corrected chi connectivity index (χ0v) is 17.6. The molecule has 2 aromatic rings. The topological polar surface area (TPSA) is 61.4 Å². The summed E-state index contributed by atoms with van der Waals surface area (Å²) in [6.45, 7) is 1.50. The zero-order valence-electron chi connectivity index (χ0n) is 16.0. The van der Waals surface area contributed by atoms with Crippen LogP contribution < -0.4 is 10.6 Å². The number of anilines is 1. The molecule has 2 N–H and O–H groups in total. The van der Waals surface area contributed by atoms with Gasteiger partial charge < -0.3 is 15.5 Å². The molecule has 1 fully saturated rings. The van der Waals surface area contributed by atoms with Gasteiger partial charge >= 0.3 is 0 Å². The SMILES string of the molecule is CNC1CCN(C(=O)c2ccsc2NC(=O)c2ccc3c(c2)CCC3)CC1.Cl. The van der Waals surface area contributed by atoms with Crippen LogP contribution in [0.1, 0.15) is 51.1 Å². The molecule has 0 saturated carbocycles. The molecule has 5 nitrogen and oxygen atoms in total. The largest absolute Gasteiger partial charge is 0.338 e. The Morgan fingerprint density at radius 1 is 1.11 bits per heavy atom. The Balaban J connectivity index is 0.00000225. The van der Waals surface area contributed by atoms with E-state index < -0.39 is 0 Å². The number of carbonyl (C=O) groups is 2. The number of fused-ring (bicyclic) bond motifs is 1. The van der Waals surface area contributed by atoms with Crippen molar-refractivity contribution in [3.05, 3.63) is 51.9 Å². The van der Waals surface area contributed by atoms with Crippen molar-refractivity contribution >= 4 is 40.6 Å². The number of hydrogen-bond acceptors (Lipinski definition) is 4. The van der Waals surface area contributed by atoms with Gasteiger partial charge in [-0.05, 0) is 73.9 Å². The van der Waals surface area contributed by atoms with Crippen molar-refractivity contribution in [2.45, 2.75) is 38.1 Å². The maximum Gasteiger partial charge on any atom is 0.256 e. The summed E-state index contributed by atoms with van der Waals surface area (Å²) < 4.78 is 0. The van der Waals surface area contributed by atoms with Crippen LogP contribution in [0.3, 0.4) is 0 Å². The van der Waals surface area contributed by atoms with Crippen LogP contribution in [0.5, 0.6) is 0 Å². The van der Waals surface area contributed by atoms with Crippen LogP contribution in [-0.2, 0) is 12.8 Å². The number of benzene rings is 1. The van der Waals surface area contributed by atoms with Crippen molar-refractivity contribution in [2.75, 3.05) is 25.5 Å². The van der Waals surface area contributed by atoms with Gasteiger partial charge in [0, 0.05) is 24.7 Å². The molecule has 1 aliphatic heterocycles. The molecule has 2 amide bonds. The van der Waals surface area contributed by atoms with Gasteiger partial charge in [0.15, 0.2) is 0 Å². The van der Waals surface area contributed by atoms with Crippen molar-refractivity contribution in [1.82, 2.24) is 10.2 Å².